The summed E-state index contributed by atoms with van der Waals surface area (Å²) in [5.41, 5.74) is 1.90. The molecule has 170 valence electrons. The van der Waals surface area contributed by atoms with Gasteiger partial charge < -0.3 is 15.0 Å². The van der Waals surface area contributed by atoms with Crippen LogP contribution in [0.3, 0.4) is 0 Å². The molecule has 0 fully saturated rings. The van der Waals surface area contributed by atoms with Crippen LogP contribution in [0.2, 0.25) is 0 Å². The molecule has 1 aliphatic heterocycles. The predicted molar refractivity (Wildman–Crippen MR) is 121 cm³/mol. The number of hydrazone groups is 1. The summed E-state index contributed by atoms with van der Waals surface area (Å²) in [7, 11) is 3.15. The van der Waals surface area contributed by atoms with Gasteiger partial charge >= 0.3 is 6.03 Å². The van der Waals surface area contributed by atoms with Gasteiger partial charge in [0.05, 0.1) is 18.9 Å². The van der Waals surface area contributed by atoms with E-state index in [1.54, 1.807) is 26.3 Å². The Balaban J connectivity index is 1.86. The Kier molecular flexibility index (Phi) is 6.81. The normalized spacial score (nSPS) is 15.9. The van der Waals surface area contributed by atoms with Crippen LogP contribution >= 0.6 is 0 Å². The fourth-order valence-electron chi connectivity index (χ4n) is 3.43. The van der Waals surface area contributed by atoms with Gasteiger partial charge in [-0.15, -0.1) is 0 Å². The first kappa shape index (κ1) is 23.2. The van der Waals surface area contributed by atoms with E-state index < -0.39 is 11.6 Å². The highest BCUT2D eigenvalue weighted by Gasteiger charge is 2.34. The van der Waals surface area contributed by atoms with Crippen molar-refractivity contribution in [3.8, 4) is 5.75 Å². The van der Waals surface area contributed by atoms with Crippen LogP contribution in [-0.4, -0.2) is 53.8 Å². The zero-order valence-electron chi connectivity index (χ0n) is 19.1. The van der Waals surface area contributed by atoms with E-state index in [9.17, 15) is 14.0 Å². The number of methoxy groups -OCH3 is 1. The molecule has 0 aliphatic carbocycles. The third-order valence-electron chi connectivity index (χ3n) is 5.02. The van der Waals surface area contributed by atoms with Gasteiger partial charge in [-0.05, 0) is 50.6 Å². The number of nitrogens with zero attached hydrogens (tertiary/aromatic N) is 3. The largest absolute Gasteiger partial charge is 0.497 e. The van der Waals surface area contributed by atoms with Crippen LogP contribution in [0.25, 0.3) is 0 Å². The number of rotatable bonds is 5. The molecule has 3 amide bonds. The number of benzene rings is 2. The molecule has 7 nitrogen and oxygen atoms in total. The van der Waals surface area contributed by atoms with E-state index >= 15 is 0 Å². The maximum Gasteiger partial charge on any atom is 0.318 e. The molecule has 0 bridgehead atoms. The Labute approximate surface area is 187 Å². The van der Waals surface area contributed by atoms with Gasteiger partial charge in [0.15, 0.2) is 0 Å². The van der Waals surface area contributed by atoms with Gasteiger partial charge in [0.25, 0.3) is 5.91 Å². The number of halogens is 1. The lowest BCUT2D eigenvalue weighted by Crippen LogP contribution is -2.49. The molecular formula is C24H29FN4O3. The van der Waals surface area contributed by atoms with Crippen molar-refractivity contribution in [2.45, 2.75) is 38.8 Å². The van der Waals surface area contributed by atoms with Gasteiger partial charge in [-0.3, -0.25) is 4.79 Å². The molecule has 0 aromatic heterocycles. The molecule has 3 rings (SSSR count). The van der Waals surface area contributed by atoms with E-state index in [2.05, 4.69) is 10.4 Å². The highest BCUT2D eigenvalue weighted by atomic mass is 19.1. The van der Waals surface area contributed by atoms with E-state index in [-0.39, 0.29) is 24.3 Å². The summed E-state index contributed by atoms with van der Waals surface area (Å²) < 4.78 is 18.8. The summed E-state index contributed by atoms with van der Waals surface area (Å²) in [4.78, 5) is 26.9. The maximum absolute atomic E-state index is 13.5. The van der Waals surface area contributed by atoms with E-state index in [1.807, 2.05) is 45.0 Å². The average Bonchev–Trinajstić information content (AvgIpc) is 3.18. The van der Waals surface area contributed by atoms with Crippen LogP contribution in [0.4, 0.5) is 9.18 Å². The number of hydrogen-bond donors (Lipinski definition) is 1. The third kappa shape index (κ3) is 5.63. The lowest BCUT2D eigenvalue weighted by molar-refractivity contribution is -0.133. The van der Waals surface area contributed by atoms with E-state index in [0.29, 0.717) is 17.9 Å². The second-order valence-electron chi connectivity index (χ2n) is 8.82. The summed E-state index contributed by atoms with van der Waals surface area (Å²) in [6.07, 6.45) is 0.461. The Morgan fingerprint density at radius 3 is 2.53 bits per heavy atom. The maximum atomic E-state index is 13.5. The van der Waals surface area contributed by atoms with Crippen LogP contribution in [0.1, 0.15) is 44.4 Å². The molecule has 1 atom stereocenters. The van der Waals surface area contributed by atoms with Crippen LogP contribution in [0, 0.1) is 5.82 Å². The standard InChI is InChI=1S/C24H29FN4O3/c1-24(2,3)26-23(31)28(4)15-22(30)29-21(16-9-11-18(25)12-10-16)14-20(27-29)17-7-6-8-19(13-17)32-5/h6-13,21H,14-15H2,1-5H3,(H,26,31). The van der Waals surface area contributed by atoms with Crippen LogP contribution in [0.5, 0.6) is 5.75 Å². The molecule has 1 N–H and O–H groups in total. The minimum Gasteiger partial charge on any atom is -0.497 e. The van der Waals surface area contributed by atoms with Gasteiger partial charge in [0, 0.05) is 24.6 Å². The fourth-order valence-corrected chi connectivity index (χ4v) is 3.43. The number of urea groups is 1. The molecule has 8 heteroatoms. The van der Waals surface area contributed by atoms with E-state index in [4.69, 9.17) is 4.74 Å². The van der Waals surface area contributed by atoms with Crippen LogP contribution in [0.15, 0.2) is 53.6 Å². The molecular weight excluding hydrogens is 411 g/mol. The molecule has 0 spiro atoms. The van der Waals surface area contributed by atoms with E-state index in [0.717, 1.165) is 11.1 Å². The zero-order valence-corrected chi connectivity index (χ0v) is 19.1. The Morgan fingerprint density at radius 2 is 1.91 bits per heavy atom. The van der Waals surface area contributed by atoms with Gasteiger partial charge in [0.2, 0.25) is 0 Å². The number of hydrogen-bond acceptors (Lipinski definition) is 4. The summed E-state index contributed by atoms with van der Waals surface area (Å²) in [6.45, 7) is 5.47. The van der Waals surface area contributed by atoms with Crippen molar-refractivity contribution >= 4 is 17.6 Å². The number of nitrogens with one attached hydrogen (secondary N) is 1. The lowest BCUT2D eigenvalue weighted by atomic mass is 9.98. The van der Waals surface area contributed by atoms with Gasteiger partial charge in [-0.2, -0.15) is 5.10 Å². The molecule has 0 saturated carbocycles. The average molecular weight is 441 g/mol. The minimum absolute atomic E-state index is 0.144. The number of ether oxygens (including phenoxy) is 1. The molecule has 0 saturated heterocycles. The molecule has 1 aliphatic rings. The smallest absolute Gasteiger partial charge is 0.318 e. The van der Waals surface area contributed by atoms with Crippen molar-refractivity contribution < 1.29 is 18.7 Å². The highest BCUT2D eigenvalue weighted by Crippen LogP contribution is 2.33. The summed E-state index contributed by atoms with van der Waals surface area (Å²) in [6, 6.07) is 12.7. The SMILES string of the molecule is COc1cccc(C2=NN(C(=O)CN(C)C(=O)NC(C)(C)C)C(c3ccc(F)cc3)C2)c1. The monoisotopic (exact) mass is 440 g/mol. The summed E-state index contributed by atoms with van der Waals surface area (Å²) in [5, 5.41) is 8.82. The van der Waals surface area contributed by atoms with Crippen LogP contribution in [-0.2, 0) is 4.79 Å². The van der Waals surface area contributed by atoms with Crippen molar-refractivity contribution in [2.24, 2.45) is 5.10 Å². The Hall–Kier alpha value is -3.42. The van der Waals surface area contributed by atoms with Crippen molar-refractivity contribution in [1.29, 1.82) is 0 Å². The first-order valence-corrected chi connectivity index (χ1v) is 10.4. The summed E-state index contributed by atoms with van der Waals surface area (Å²) in [5.74, 6) is 0.00724. The Bertz CT molecular complexity index is 1010. The number of amides is 3. The molecule has 32 heavy (non-hydrogen) atoms. The molecule has 1 unspecified atom stereocenters. The van der Waals surface area contributed by atoms with Crippen molar-refractivity contribution in [2.75, 3.05) is 20.7 Å². The van der Waals surface area contributed by atoms with Gasteiger partial charge in [-0.1, -0.05) is 24.3 Å². The van der Waals surface area contributed by atoms with Crippen molar-refractivity contribution in [3.63, 3.8) is 0 Å². The molecule has 2 aromatic carbocycles. The fraction of sp³-hybridized carbons (Fsp3) is 0.375. The van der Waals surface area contributed by atoms with Gasteiger partial charge in [-0.25, -0.2) is 14.2 Å². The van der Waals surface area contributed by atoms with Crippen molar-refractivity contribution in [1.82, 2.24) is 15.2 Å². The molecule has 0 radical (unpaired) electrons. The van der Waals surface area contributed by atoms with Gasteiger partial charge in [0.1, 0.15) is 18.1 Å². The number of carbonyl (C=O) groups excluding carboxylic acids is 2. The first-order chi connectivity index (χ1) is 15.1. The number of carbonyl (C=O) groups is 2. The lowest BCUT2D eigenvalue weighted by Gasteiger charge is -2.27. The highest BCUT2D eigenvalue weighted by molar-refractivity contribution is 6.03. The first-order valence-electron chi connectivity index (χ1n) is 10.4. The van der Waals surface area contributed by atoms with Crippen LogP contribution < -0.4 is 10.1 Å². The Morgan fingerprint density at radius 1 is 1.22 bits per heavy atom. The van der Waals surface area contributed by atoms with E-state index in [1.165, 1.54) is 22.0 Å². The van der Waals surface area contributed by atoms with Crippen molar-refractivity contribution in [3.05, 3.63) is 65.5 Å². The topological polar surface area (TPSA) is 74.2 Å². The zero-order chi connectivity index (χ0) is 23.5. The molecule has 1 heterocycles. The second-order valence-corrected chi connectivity index (χ2v) is 8.82. The summed E-state index contributed by atoms with van der Waals surface area (Å²) >= 11 is 0. The minimum atomic E-state index is -0.420. The second kappa shape index (κ2) is 9.38. The predicted octanol–water partition coefficient (Wildman–Crippen LogP) is 3.95. The number of likely N-dealkylation sites (N-methyl/N-ethyl adjacent to an activating group) is 1. The third-order valence-corrected chi connectivity index (χ3v) is 5.02. The quantitative estimate of drug-likeness (QED) is 0.765. The molecule has 2 aromatic rings.